The molecule has 98 valence electrons. The lowest BCUT2D eigenvalue weighted by Crippen LogP contribution is -2.37. The van der Waals surface area contributed by atoms with E-state index < -0.39 is 22.3 Å². The van der Waals surface area contributed by atoms with Crippen LogP contribution < -0.4 is 0 Å². The van der Waals surface area contributed by atoms with Crippen molar-refractivity contribution >= 4 is 16.3 Å². The molecule has 0 N–H and O–H groups in total. The molecule has 1 heterocycles. The fraction of sp³-hybridized carbons (Fsp3) is 0.364. The maximum absolute atomic E-state index is 11.7. The quantitative estimate of drug-likeness (QED) is 0.740. The number of hydrogen-bond donors (Lipinski definition) is 0. The van der Waals surface area contributed by atoms with E-state index in [1.54, 1.807) is 0 Å². The molecule has 0 spiro atoms. The van der Waals surface area contributed by atoms with E-state index in [1.165, 1.54) is 7.05 Å². The van der Waals surface area contributed by atoms with Crippen LogP contribution >= 0.6 is 0 Å². The summed E-state index contributed by atoms with van der Waals surface area (Å²) in [5.41, 5.74) is 0.843. The third-order valence-corrected chi connectivity index (χ3v) is 4.06. The molecule has 0 bridgehead atoms. The summed E-state index contributed by atoms with van der Waals surface area (Å²) in [6, 6.07) is 8.25. The first-order chi connectivity index (χ1) is 8.50. The molecule has 1 aromatic rings. The van der Waals surface area contributed by atoms with E-state index >= 15 is 0 Å². The van der Waals surface area contributed by atoms with Crippen molar-refractivity contribution in [1.29, 1.82) is 0 Å². The molecule has 18 heavy (non-hydrogen) atoms. The molecule has 0 radical (unpaired) electrons. The van der Waals surface area contributed by atoms with Crippen molar-refractivity contribution in [2.75, 3.05) is 13.7 Å². The lowest BCUT2D eigenvalue weighted by Gasteiger charge is -2.14. The molecule has 1 saturated heterocycles. The predicted molar refractivity (Wildman–Crippen MR) is 62.7 cm³/mol. The number of likely N-dealkylation sites (N-methyl/N-ethyl adjacent to an activating group) is 1. The number of carbonyl (C=O) groups excluding carboxylic acids is 1. The molecule has 7 heteroatoms. The highest BCUT2D eigenvalue weighted by Gasteiger charge is 2.41. The highest BCUT2D eigenvalue weighted by Crippen LogP contribution is 2.17. The van der Waals surface area contributed by atoms with E-state index in [4.69, 9.17) is 4.74 Å². The maximum Gasteiger partial charge on any atom is 0.339 e. The Bertz CT molecular complexity index is 528. The number of carbonyl (C=O) groups is 1. The smallest absolute Gasteiger partial charge is 0.339 e. The monoisotopic (exact) mass is 271 g/mol. The Morgan fingerprint density at radius 1 is 1.44 bits per heavy atom. The maximum atomic E-state index is 11.7. The Morgan fingerprint density at radius 3 is 2.67 bits per heavy atom. The zero-order valence-corrected chi connectivity index (χ0v) is 10.6. The summed E-state index contributed by atoms with van der Waals surface area (Å²) in [6.07, 6.45) is 0. The number of ether oxygens (including phenoxy) is 1. The second kappa shape index (κ2) is 5.05. The molecule has 0 saturated carbocycles. The van der Waals surface area contributed by atoms with Gasteiger partial charge in [0.1, 0.15) is 12.6 Å². The van der Waals surface area contributed by atoms with E-state index in [0.717, 1.165) is 9.87 Å². The molecule has 0 amide bonds. The molecule has 1 fully saturated rings. The first-order valence-corrected chi connectivity index (χ1v) is 6.70. The van der Waals surface area contributed by atoms with Crippen LogP contribution in [0.5, 0.6) is 0 Å². The van der Waals surface area contributed by atoms with Crippen molar-refractivity contribution in [3.05, 3.63) is 35.9 Å². The molecule has 1 aromatic carbocycles. The Hall–Kier alpha value is -1.44. The lowest BCUT2D eigenvalue weighted by molar-refractivity contribution is -0.149. The Kier molecular flexibility index (Phi) is 3.65. The van der Waals surface area contributed by atoms with Gasteiger partial charge in [-0.05, 0) is 5.56 Å². The summed E-state index contributed by atoms with van der Waals surface area (Å²) < 4.78 is 33.0. The number of nitrogens with zero attached hydrogens (tertiary/aromatic N) is 1. The average Bonchev–Trinajstić information content (AvgIpc) is 2.63. The van der Waals surface area contributed by atoms with Crippen molar-refractivity contribution in [3.63, 3.8) is 0 Å². The van der Waals surface area contributed by atoms with Gasteiger partial charge in [0.25, 0.3) is 0 Å². The zero-order valence-electron chi connectivity index (χ0n) is 9.78. The van der Waals surface area contributed by atoms with Crippen molar-refractivity contribution < 1.29 is 22.1 Å². The van der Waals surface area contributed by atoms with Gasteiger partial charge in [-0.25, -0.2) is 0 Å². The van der Waals surface area contributed by atoms with Crippen LogP contribution in [-0.2, 0) is 30.6 Å². The molecule has 2 rings (SSSR count). The van der Waals surface area contributed by atoms with Gasteiger partial charge in [0.05, 0.1) is 6.61 Å². The van der Waals surface area contributed by atoms with Gasteiger partial charge in [-0.2, -0.15) is 12.7 Å². The van der Waals surface area contributed by atoms with Crippen LogP contribution in [0.2, 0.25) is 0 Å². The van der Waals surface area contributed by atoms with Gasteiger partial charge in [0.15, 0.2) is 0 Å². The van der Waals surface area contributed by atoms with Crippen LogP contribution in [0, 0.1) is 0 Å². The van der Waals surface area contributed by atoms with Crippen molar-refractivity contribution in [2.45, 2.75) is 12.6 Å². The highest BCUT2D eigenvalue weighted by atomic mass is 32.2. The van der Waals surface area contributed by atoms with E-state index in [2.05, 4.69) is 4.18 Å². The summed E-state index contributed by atoms with van der Waals surface area (Å²) in [4.78, 5) is 11.7. The SMILES string of the molecule is CN1C(C(=O)OCc2ccccc2)COS1(=O)=O. The largest absolute Gasteiger partial charge is 0.460 e. The van der Waals surface area contributed by atoms with E-state index in [0.29, 0.717) is 0 Å². The van der Waals surface area contributed by atoms with Crippen LogP contribution in [-0.4, -0.2) is 38.4 Å². The van der Waals surface area contributed by atoms with Gasteiger partial charge >= 0.3 is 16.3 Å². The normalized spacial score (nSPS) is 22.8. The molecule has 0 aromatic heterocycles. The topological polar surface area (TPSA) is 72.9 Å². The predicted octanol–water partition coefficient (Wildman–Crippen LogP) is 0.305. The van der Waals surface area contributed by atoms with Crippen molar-refractivity contribution in [2.24, 2.45) is 0 Å². The third kappa shape index (κ3) is 2.69. The van der Waals surface area contributed by atoms with Gasteiger partial charge in [0, 0.05) is 7.05 Å². The molecule has 0 aliphatic carbocycles. The van der Waals surface area contributed by atoms with Crippen molar-refractivity contribution in [1.82, 2.24) is 4.31 Å². The van der Waals surface area contributed by atoms with Crippen LogP contribution in [0.15, 0.2) is 30.3 Å². The van der Waals surface area contributed by atoms with Gasteiger partial charge in [-0.3, -0.25) is 8.98 Å². The molecule has 1 aliphatic heterocycles. The van der Waals surface area contributed by atoms with Gasteiger partial charge < -0.3 is 4.74 Å². The minimum atomic E-state index is -3.77. The lowest BCUT2D eigenvalue weighted by atomic mass is 10.2. The number of esters is 1. The summed E-state index contributed by atoms with van der Waals surface area (Å²) in [5, 5.41) is 0. The van der Waals surface area contributed by atoms with E-state index in [-0.39, 0.29) is 13.2 Å². The third-order valence-electron chi connectivity index (χ3n) is 2.66. The average molecular weight is 271 g/mol. The van der Waals surface area contributed by atoms with Gasteiger partial charge in [0.2, 0.25) is 0 Å². The van der Waals surface area contributed by atoms with Crippen LogP contribution in [0.4, 0.5) is 0 Å². The van der Waals surface area contributed by atoms with Crippen LogP contribution in [0.1, 0.15) is 5.56 Å². The first kappa shape index (κ1) is 13.0. The van der Waals surface area contributed by atoms with Crippen LogP contribution in [0.25, 0.3) is 0 Å². The van der Waals surface area contributed by atoms with Gasteiger partial charge in [-0.1, -0.05) is 30.3 Å². The summed E-state index contributed by atoms with van der Waals surface area (Å²) in [6.45, 7) is -0.0868. The molecule has 1 atom stereocenters. The Labute approximate surface area is 105 Å². The number of hydrogen-bond acceptors (Lipinski definition) is 5. The first-order valence-electron chi connectivity index (χ1n) is 5.33. The molecule has 6 nitrogen and oxygen atoms in total. The zero-order chi connectivity index (χ0) is 13.2. The standard InChI is InChI=1S/C11H13NO5S/c1-12-10(8-17-18(12,14)15)11(13)16-7-9-5-3-2-4-6-9/h2-6,10H,7-8H2,1H3. The highest BCUT2D eigenvalue weighted by molar-refractivity contribution is 7.84. The number of benzene rings is 1. The summed E-state index contributed by atoms with van der Waals surface area (Å²) >= 11 is 0. The Morgan fingerprint density at radius 2 is 2.11 bits per heavy atom. The van der Waals surface area contributed by atoms with Crippen LogP contribution in [0.3, 0.4) is 0 Å². The molecule has 1 aliphatic rings. The fourth-order valence-electron chi connectivity index (χ4n) is 1.54. The summed E-state index contributed by atoms with van der Waals surface area (Å²) in [7, 11) is -2.48. The van der Waals surface area contributed by atoms with E-state index in [1.807, 2.05) is 30.3 Å². The second-order valence-electron chi connectivity index (χ2n) is 3.87. The number of rotatable bonds is 3. The minimum absolute atomic E-state index is 0.115. The molecular weight excluding hydrogens is 258 g/mol. The Balaban J connectivity index is 1.94. The summed E-state index contributed by atoms with van der Waals surface area (Å²) in [5.74, 6) is -0.609. The minimum Gasteiger partial charge on any atom is -0.460 e. The van der Waals surface area contributed by atoms with Gasteiger partial charge in [-0.15, -0.1) is 0 Å². The second-order valence-corrected chi connectivity index (χ2v) is 5.53. The molecular formula is C11H13NO5S. The fourth-order valence-corrected chi connectivity index (χ4v) is 2.46. The van der Waals surface area contributed by atoms with Crippen molar-refractivity contribution in [3.8, 4) is 0 Å². The molecule has 1 unspecified atom stereocenters. The van der Waals surface area contributed by atoms with E-state index in [9.17, 15) is 13.2 Å².